The minimum Gasteiger partial charge on any atom is -0.466 e. The second-order valence-electron chi connectivity index (χ2n) is 8.36. The molecule has 1 aromatic carbocycles. The van der Waals surface area contributed by atoms with E-state index in [4.69, 9.17) is 9.47 Å². The molecule has 29 heavy (non-hydrogen) atoms. The second-order valence-corrected chi connectivity index (χ2v) is 8.36. The highest BCUT2D eigenvalue weighted by Gasteiger charge is 2.44. The number of ether oxygens (including phenoxy) is 2. The van der Waals surface area contributed by atoms with Gasteiger partial charge in [0.25, 0.3) is 0 Å². The van der Waals surface area contributed by atoms with Crippen LogP contribution in [0.1, 0.15) is 44.6 Å². The largest absolute Gasteiger partial charge is 0.466 e. The standard InChI is InChI=1S/C25H30O4/c1-18(24(27)28-3)20-13-15-25(2)14-7-10-21(22(25)16-20)17-29-23(26)12-11-19-8-5-4-6-9-19/h4-6,8-12,20,22H,1,7,13-17H2,2-3H3/b12-11+/t20-,22+,25-/m1/s1. The van der Waals surface area contributed by atoms with Gasteiger partial charge in [0.05, 0.1) is 7.11 Å². The zero-order valence-electron chi connectivity index (χ0n) is 17.4. The summed E-state index contributed by atoms with van der Waals surface area (Å²) >= 11 is 0. The fourth-order valence-electron chi connectivity index (χ4n) is 4.70. The van der Waals surface area contributed by atoms with Gasteiger partial charge in [0.2, 0.25) is 0 Å². The highest BCUT2D eigenvalue weighted by Crippen LogP contribution is 2.53. The van der Waals surface area contributed by atoms with Crippen molar-refractivity contribution in [2.45, 2.75) is 39.0 Å². The van der Waals surface area contributed by atoms with Crippen molar-refractivity contribution in [2.24, 2.45) is 17.3 Å². The van der Waals surface area contributed by atoms with E-state index >= 15 is 0 Å². The van der Waals surface area contributed by atoms with Crippen LogP contribution in [-0.2, 0) is 19.1 Å². The summed E-state index contributed by atoms with van der Waals surface area (Å²) in [5.74, 6) is -0.246. The Hall–Kier alpha value is -2.62. The average Bonchev–Trinajstić information content (AvgIpc) is 2.75. The summed E-state index contributed by atoms with van der Waals surface area (Å²) in [4.78, 5) is 24.1. The number of carbonyl (C=O) groups excluding carboxylic acids is 2. The number of rotatable bonds is 6. The Kier molecular flexibility index (Phi) is 6.73. The first-order valence-electron chi connectivity index (χ1n) is 10.3. The molecule has 3 rings (SSSR count). The van der Waals surface area contributed by atoms with Gasteiger partial charge in [0.1, 0.15) is 6.61 Å². The predicted molar refractivity (Wildman–Crippen MR) is 114 cm³/mol. The van der Waals surface area contributed by atoms with Crippen molar-refractivity contribution in [1.29, 1.82) is 0 Å². The molecule has 0 spiro atoms. The molecule has 1 aromatic rings. The summed E-state index contributed by atoms with van der Waals surface area (Å²) in [7, 11) is 1.40. The lowest BCUT2D eigenvalue weighted by Gasteiger charge is -2.48. The Balaban J connectivity index is 1.63. The van der Waals surface area contributed by atoms with Crippen molar-refractivity contribution in [2.75, 3.05) is 13.7 Å². The Morgan fingerprint density at radius 2 is 2.00 bits per heavy atom. The summed E-state index contributed by atoms with van der Waals surface area (Å²) < 4.78 is 10.4. The Labute approximate surface area is 173 Å². The van der Waals surface area contributed by atoms with E-state index < -0.39 is 0 Å². The van der Waals surface area contributed by atoms with Crippen LogP contribution < -0.4 is 0 Å². The predicted octanol–water partition coefficient (Wildman–Crippen LogP) is 5.12. The van der Waals surface area contributed by atoms with Crippen molar-refractivity contribution in [3.8, 4) is 0 Å². The molecule has 4 nitrogen and oxygen atoms in total. The van der Waals surface area contributed by atoms with Gasteiger partial charge in [-0.2, -0.15) is 0 Å². The van der Waals surface area contributed by atoms with Gasteiger partial charge >= 0.3 is 11.9 Å². The molecule has 0 radical (unpaired) electrons. The lowest BCUT2D eigenvalue weighted by atomic mass is 9.57. The Morgan fingerprint density at radius 1 is 1.24 bits per heavy atom. The number of methoxy groups -OCH3 is 1. The topological polar surface area (TPSA) is 52.6 Å². The first kappa shape index (κ1) is 21.1. The van der Waals surface area contributed by atoms with Crippen molar-refractivity contribution in [1.82, 2.24) is 0 Å². The molecule has 0 heterocycles. The fraction of sp³-hybridized carbons (Fsp3) is 0.440. The number of esters is 2. The van der Waals surface area contributed by atoms with Gasteiger partial charge in [-0.3, -0.25) is 0 Å². The minimum atomic E-state index is -0.339. The van der Waals surface area contributed by atoms with Crippen LogP contribution in [0.2, 0.25) is 0 Å². The van der Waals surface area contributed by atoms with Crippen LogP contribution in [0.4, 0.5) is 0 Å². The molecule has 2 aliphatic rings. The molecule has 3 atom stereocenters. The third-order valence-electron chi connectivity index (χ3n) is 6.53. The lowest BCUT2D eigenvalue weighted by molar-refractivity contribution is -0.137. The van der Waals surface area contributed by atoms with E-state index in [2.05, 4.69) is 19.6 Å². The molecule has 0 amide bonds. The molecule has 1 fully saturated rings. The van der Waals surface area contributed by atoms with Gasteiger partial charge in [-0.05, 0) is 66.6 Å². The minimum absolute atomic E-state index is 0.121. The van der Waals surface area contributed by atoms with Crippen LogP contribution in [-0.4, -0.2) is 25.7 Å². The van der Waals surface area contributed by atoms with E-state index in [1.807, 2.05) is 30.3 Å². The third kappa shape index (κ3) is 5.06. The molecule has 2 aliphatic carbocycles. The van der Waals surface area contributed by atoms with Crippen LogP contribution in [0.15, 0.2) is 60.2 Å². The number of hydrogen-bond acceptors (Lipinski definition) is 4. The van der Waals surface area contributed by atoms with Crippen molar-refractivity contribution in [3.63, 3.8) is 0 Å². The number of fused-ring (bicyclic) bond motifs is 1. The average molecular weight is 395 g/mol. The molecule has 154 valence electrons. The fourth-order valence-corrected chi connectivity index (χ4v) is 4.70. The Bertz CT molecular complexity index is 820. The first-order valence-corrected chi connectivity index (χ1v) is 10.3. The highest BCUT2D eigenvalue weighted by atomic mass is 16.5. The number of carbonyl (C=O) groups is 2. The maximum absolute atomic E-state index is 12.2. The molecule has 0 aromatic heterocycles. The second kappa shape index (κ2) is 9.25. The number of allylic oxidation sites excluding steroid dienone is 1. The molecule has 0 N–H and O–H groups in total. The molecular weight excluding hydrogens is 364 g/mol. The molecule has 0 aliphatic heterocycles. The SMILES string of the molecule is C=C(C(=O)OC)[C@@H]1CC[C@@]2(C)CCC=C(COC(=O)/C=C/c3ccccc3)[C@@H]2C1. The van der Waals surface area contributed by atoms with E-state index in [0.717, 1.165) is 37.7 Å². The van der Waals surface area contributed by atoms with Gasteiger partial charge in [-0.25, -0.2) is 9.59 Å². The van der Waals surface area contributed by atoms with Crippen molar-refractivity contribution >= 4 is 18.0 Å². The van der Waals surface area contributed by atoms with Crippen LogP contribution in [0.3, 0.4) is 0 Å². The highest BCUT2D eigenvalue weighted by molar-refractivity contribution is 5.88. The summed E-state index contributed by atoms with van der Waals surface area (Å²) in [6.07, 6.45) is 10.4. The summed E-state index contributed by atoms with van der Waals surface area (Å²) in [5, 5.41) is 0. The van der Waals surface area contributed by atoms with Gasteiger partial charge in [-0.1, -0.05) is 49.9 Å². The smallest absolute Gasteiger partial charge is 0.333 e. The zero-order valence-corrected chi connectivity index (χ0v) is 17.4. The van der Waals surface area contributed by atoms with Gasteiger partial charge in [0, 0.05) is 11.6 Å². The molecule has 0 bridgehead atoms. The van der Waals surface area contributed by atoms with E-state index in [1.54, 1.807) is 6.08 Å². The molecular formula is C25H30O4. The quantitative estimate of drug-likeness (QED) is 0.382. The maximum Gasteiger partial charge on any atom is 0.333 e. The van der Waals surface area contributed by atoms with Gasteiger partial charge in [-0.15, -0.1) is 0 Å². The van der Waals surface area contributed by atoms with E-state index in [1.165, 1.54) is 18.8 Å². The molecule has 1 saturated carbocycles. The van der Waals surface area contributed by atoms with E-state index in [-0.39, 0.29) is 23.3 Å². The van der Waals surface area contributed by atoms with Crippen LogP contribution >= 0.6 is 0 Å². The maximum atomic E-state index is 12.2. The summed E-state index contributed by atoms with van der Waals surface area (Å²) in [6, 6.07) is 9.68. The normalized spacial score (nSPS) is 26.3. The summed E-state index contributed by atoms with van der Waals surface area (Å²) in [5.41, 5.74) is 2.87. The van der Waals surface area contributed by atoms with Crippen LogP contribution in [0.5, 0.6) is 0 Å². The molecule has 4 heteroatoms. The lowest BCUT2D eigenvalue weighted by Crippen LogP contribution is -2.39. The van der Waals surface area contributed by atoms with Gasteiger partial charge in [0.15, 0.2) is 0 Å². The summed E-state index contributed by atoms with van der Waals surface area (Å²) in [6.45, 7) is 6.59. The van der Waals surface area contributed by atoms with E-state index in [0.29, 0.717) is 18.1 Å². The van der Waals surface area contributed by atoms with Gasteiger partial charge < -0.3 is 9.47 Å². The third-order valence-corrected chi connectivity index (χ3v) is 6.53. The number of benzene rings is 1. The number of hydrogen-bond donors (Lipinski definition) is 0. The first-order chi connectivity index (χ1) is 13.9. The van der Waals surface area contributed by atoms with Crippen molar-refractivity contribution < 1.29 is 19.1 Å². The van der Waals surface area contributed by atoms with Crippen LogP contribution in [0.25, 0.3) is 6.08 Å². The Morgan fingerprint density at radius 3 is 2.72 bits per heavy atom. The zero-order chi connectivity index (χ0) is 20.9. The van der Waals surface area contributed by atoms with E-state index in [9.17, 15) is 9.59 Å². The molecule has 0 unspecified atom stereocenters. The van der Waals surface area contributed by atoms with Crippen LogP contribution in [0, 0.1) is 17.3 Å². The molecule has 0 saturated heterocycles. The van der Waals surface area contributed by atoms with Crippen molar-refractivity contribution in [3.05, 3.63) is 65.8 Å². The monoisotopic (exact) mass is 394 g/mol.